The lowest BCUT2D eigenvalue weighted by molar-refractivity contribution is -0.119. The Morgan fingerprint density at radius 2 is 1.83 bits per heavy atom. The minimum absolute atomic E-state index is 0.206. The number of nitrogens with one attached hydrogen (secondary N) is 1. The quantitative estimate of drug-likeness (QED) is 0.846. The molecule has 1 atom stereocenters. The minimum atomic E-state index is -1.31. The molecule has 0 aliphatic heterocycles. The summed E-state index contributed by atoms with van der Waals surface area (Å²) >= 11 is 0. The molecule has 1 N–H and O–H groups in total. The van der Waals surface area contributed by atoms with Crippen molar-refractivity contribution >= 4 is 28.4 Å². The molecule has 0 unspecified atom stereocenters. The van der Waals surface area contributed by atoms with Crippen molar-refractivity contribution < 1.29 is 18.5 Å². The molecule has 0 fully saturated rings. The number of hydrogen-bond acceptors (Lipinski definition) is 4. The van der Waals surface area contributed by atoms with Gasteiger partial charge in [-0.25, -0.2) is 4.79 Å². The zero-order valence-electron chi connectivity index (χ0n) is 13.8. The van der Waals surface area contributed by atoms with Crippen LogP contribution < -0.4 is 5.32 Å². The zero-order chi connectivity index (χ0) is 17.7. The smallest absolute Gasteiger partial charge is 0.339 e. The largest absolute Gasteiger partial charge is 0.452 e. The van der Waals surface area contributed by atoms with Gasteiger partial charge in [0.1, 0.15) is 0 Å². The average molecular weight is 345 g/mol. The molecule has 0 saturated heterocycles. The molecule has 0 radical (unpaired) electrons. The van der Waals surface area contributed by atoms with E-state index in [0.29, 0.717) is 10.6 Å². The van der Waals surface area contributed by atoms with Crippen LogP contribution in [0.1, 0.15) is 21.5 Å². The number of amides is 1. The molecule has 6 heteroatoms. The van der Waals surface area contributed by atoms with E-state index in [0.717, 1.165) is 11.1 Å². The Kier molecular flexibility index (Phi) is 5.87. The van der Waals surface area contributed by atoms with Crippen molar-refractivity contribution in [1.29, 1.82) is 0 Å². The fraction of sp³-hybridized carbons (Fsp3) is 0.222. The van der Waals surface area contributed by atoms with Crippen LogP contribution in [0.2, 0.25) is 0 Å². The van der Waals surface area contributed by atoms with E-state index in [2.05, 4.69) is 5.32 Å². The van der Waals surface area contributed by atoms with Gasteiger partial charge in [-0.05, 0) is 43.2 Å². The lowest BCUT2D eigenvalue weighted by atomic mass is 10.1. The van der Waals surface area contributed by atoms with Gasteiger partial charge < -0.3 is 10.1 Å². The van der Waals surface area contributed by atoms with Gasteiger partial charge in [-0.1, -0.05) is 24.3 Å². The highest BCUT2D eigenvalue weighted by molar-refractivity contribution is 7.84. The van der Waals surface area contributed by atoms with Crippen molar-refractivity contribution in [2.45, 2.75) is 18.7 Å². The van der Waals surface area contributed by atoms with E-state index in [1.54, 1.807) is 18.2 Å². The summed E-state index contributed by atoms with van der Waals surface area (Å²) in [5, 5.41) is 2.72. The van der Waals surface area contributed by atoms with E-state index in [9.17, 15) is 13.8 Å². The first-order valence-corrected chi connectivity index (χ1v) is 8.91. The van der Waals surface area contributed by atoms with Crippen molar-refractivity contribution in [3.63, 3.8) is 0 Å². The zero-order valence-corrected chi connectivity index (χ0v) is 14.6. The lowest BCUT2D eigenvalue weighted by Crippen LogP contribution is -2.22. The van der Waals surface area contributed by atoms with Gasteiger partial charge in [-0.3, -0.25) is 9.00 Å². The van der Waals surface area contributed by atoms with Crippen LogP contribution in [-0.2, 0) is 20.3 Å². The van der Waals surface area contributed by atoms with Gasteiger partial charge >= 0.3 is 5.97 Å². The third-order valence-electron chi connectivity index (χ3n) is 3.42. The van der Waals surface area contributed by atoms with Crippen LogP contribution in [0.3, 0.4) is 0 Å². The number of benzene rings is 2. The molecular weight excluding hydrogens is 326 g/mol. The van der Waals surface area contributed by atoms with Crippen LogP contribution in [-0.4, -0.2) is 28.9 Å². The summed E-state index contributed by atoms with van der Waals surface area (Å²) in [7, 11) is -1.31. The Hall–Kier alpha value is -2.47. The molecule has 0 aromatic heterocycles. The first kappa shape index (κ1) is 17.9. The minimum Gasteiger partial charge on any atom is -0.452 e. The average Bonchev–Trinajstić information content (AvgIpc) is 2.56. The number of carbonyl (C=O) groups excluding carboxylic acids is 2. The number of rotatable bonds is 5. The summed E-state index contributed by atoms with van der Waals surface area (Å²) in [4.78, 5) is 24.5. The summed E-state index contributed by atoms with van der Waals surface area (Å²) in [6, 6.07) is 12.2. The molecule has 0 aliphatic rings. The third-order valence-corrected chi connectivity index (χ3v) is 4.39. The van der Waals surface area contributed by atoms with Gasteiger partial charge in [0, 0.05) is 11.9 Å². The monoisotopic (exact) mass is 345 g/mol. The summed E-state index contributed by atoms with van der Waals surface area (Å²) in [5.74, 6) is -1.09. The number of aryl methyl sites for hydroxylation is 2. The fourth-order valence-corrected chi connectivity index (χ4v) is 2.88. The fourth-order valence-electron chi connectivity index (χ4n) is 2.15. The molecule has 0 saturated carbocycles. The number of ether oxygens (including phenoxy) is 1. The number of hydrogen-bond donors (Lipinski definition) is 1. The highest BCUT2D eigenvalue weighted by atomic mass is 32.2. The molecule has 1 amide bonds. The van der Waals surface area contributed by atoms with Crippen LogP contribution in [0.5, 0.6) is 0 Å². The van der Waals surface area contributed by atoms with Crippen LogP contribution in [0.15, 0.2) is 47.4 Å². The van der Waals surface area contributed by atoms with Crippen molar-refractivity contribution in [2.24, 2.45) is 0 Å². The predicted octanol–water partition coefficient (Wildman–Crippen LogP) is 2.84. The van der Waals surface area contributed by atoms with E-state index in [-0.39, 0.29) is 5.56 Å². The summed E-state index contributed by atoms with van der Waals surface area (Å²) < 4.78 is 16.7. The van der Waals surface area contributed by atoms with Crippen LogP contribution in [0, 0.1) is 13.8 Å². The van der Waals surface area contributed by atoms with Crippen molar-refractivity contribution in [3.05, 3.63) is 59.2 Å². The van der Waals surface area contributed by atoms with E-state index in [1.807, 2.05) is 32.0 Å². The molecule has 2 aromatic carbocycles. The lowest BCUT2D eigenvalue weighted by Gasteiger charge is -2.10. The second-order valence-electron chi connectivity index (χ2n) is 5.39. The molecule has 5 nitrogen and oxygen atoms in total. The molecular formula is C18H19NO4S. The number of anilines is 1. The molecule has 2 rings (SSSR count). The first-order chi connectivity index (χ1) is 11.4. The van der Waals surface area contributed by atoms with Crippen molar-refractivity contribution in [2.75, 3.05) is 18.2 Å². The standard InChI is InChI=1S/C18H19NO4S/c1-12-8-9-13(2)15(10-12)19-17(20)11-23-18(21)14-6-4-5-7-16(14)24(3)22/h4-10H,11H2,1-3H3,(H,19,20)/t24-/m1/s1. The Bertz CT molecular complexity index is 801. The molecule has 126 valence electrons. The normalized spacial score (nSPS) is 11.6. The molecule has 0 aliphatic carbocycles. The third kappa shape index (κ3) is 4.52. The topological polar surface area (TPSA) is 72.5 Å². The van der Waals surface area contributed by atoms with Gasteiger partial charge in [0.05, 0.1) is 21.3 Å². The van der Waals surface area contributed by atoms with Gasteiger partial charge in [-0.2, -0.15) is 0 Å². The van der Waals surface area contributed by atoms with Crippen molar-refractivity contribution in [3.8, 4) is 0 Å². The number of carbonyl (C=O) groups is 2. The van der Waals surface area contributed by atoms with E-state index in [1.165, 1.54) is 12.3 Å². The van der Waals surface area contributed by atoms with Crippen LogP contribution in [0.4, 0.5) is 5.69 Å². The highest BCUT2D eigenvalue weighted by Gasteiger charge is 2.16. The van der Waals surface area contributed by atoms with Crippen LogP contribution in [0.25, 0.3) is 0 Å². The maximum atomic E-state index is 12.1. The Labute approximate surface area is 143 Å². The van der Waals surface area contributed by atoms with Gasteiger partial charge in [-0.15, -0.1) is 0 Å². The van der Waals surface area contributed by atoms with Gasteiger partial charge in [0.15, 0.2) is 6.61 Å². The maximum absolute atomic E-state index is 12.1. The summed E-state index contributed by atoms with van der Waals surface area (Å²) in [6.07, 6.45) is 1.49. The van der Waals surface area contributed by atoms with Gasteiger partial charge in [0.25, 0.3) is 5.91 Å². The SMILES string of the molecule is Cc1ccc(C)c(NC(=O)COC(=O)c2ccccc2[S@@](C)=O)c1. The second-order valence-corrected chi connectivity index (χ2v) is 6.74. The molecule has 0 spiro atoms. The van der Waals surface area contributed by atoms with Gasteiger partial charge in [0.2, 0.25) is 0 Å². The predicted molar refractivity (Wildman–Crippen MR) is 93.6 cm³/mol. The first-order valence-electron chi connectivity index (χ1n) is 7.35. The van der Waals surface area contributed by atoms with E-state index >= 15 is 0 Å². The van der Waals surface area contributed by atoms with Crippen molar-refractivity contribution in [1.82, 2.24) is 0 Å². The second kappa shape index (κ2) is 7.88. The molecule has 2 aromatic rings. The van der Waals surface area contributed by atoms with Crippen LogP contribution >= 0.6 is 0 Å². The molecule has 24 heavy (non-hydrogen) atoms. The number of esters is 1. The van der Waals surface area contributed by atoms with E-state index < -0.39 is 29.3 Å². The summed E-state index contributed by atoms with van der Waals surface area (Å²) in [5.41, 5.74) is 2.84. The summed E-state index contributed by atoms with van der Waals surface area (Å²) in [6.45, 7) is 3.40. The highest BCUT2D eigenvalue weighted by Crippen LogP contribution is 2.17. The molecule has 0 heterocycles. The Balaban J connectivity index is 2.00. The maximum Gasteiger partial charge on any atom is 0.339 e. The van der Waals surface area contributed by atoms with E-state index in [4.69, 9.17) is 4.74 Å². The Morgan fingerprint density at radius 1 is 1.12 bits per heavy atom. The Morgan fingerprint density at radius 3 is 2.54 bits per heavy atom. The molecule has 0 bridgehead atoms.